The van der Waals surface area contributed by atoms with Crippen LogP contribution in [-0.4, -0.2) is 59.9 Å². The smallest absolute Gasteiger partial charge is 0.248 e. The summed E-state index contributed by atoms with van der Waals surface area (Å²) < 4.78 is 0. The number of carbonyl (C=O) groups excluding carboxylic acids is 3. The molecule has 0 saturated carbocycles. The van der Waals surface area contributed by atoms with Gasteiger partial charge in [0.25, 0.3) is 0 Å². The molecule has 1 aromatic carbocycles. The van der Waals surface area contributed by atoms with Crippen molar-refractivity contribution >= 4 is 17.6 Å². The zero-order valence-corrected chi connectivity index (χ0v) is 18.7. The first-order valence-corrected chi connectivity index (χ1v) is 11.8. The van der Waals surface area contributed by atoms with Gasteiger partial charge in [-0.05, 0) is 50.3 Å². The van der Waals surface area contributed by atoms with Gasteiger partial charge in [0.15, 0.2) is 0 Å². The zero-order chi connectivity index (χ0) is 22.9. The van der Waals surface area contributed by atoms with E-state index in [1.165, 1.54) is 5.56 Å². The number of unbranched alkanes of at least 4 members (excludes halogenated alkanes) is 2. The molecule has 2 unspecified atom stereocenters. The van der Waals surface area contributed by atoms with Crippen LogP contribution >= 0.6 is 0 Å². The van der Waals surface area contributed by atoms with Crippen LogP contribution in [0.25, 0.3) is 0 Å². The lowest BCUT2D eigenvalue weighted by Crippen LogP contribution is -2.58. The van der Waals surface area contributed by atoms with E-state index < -0.39 is 17.9 Å². The summed E-state index contributed by atoms with van der Waals surface area (Å²) in [4.78, 5) is 39.8. The minimum Gasteiger partial charge on any atom is -0.341 e. The number of nitrogens with one attached hydrogen (secondary N) is 2. The third-order valence-corrected chi connectivity index (χ3v) is 6.78. The standard InChI is InChI=1S/C24H36N4O4/c25-11-6-2-5-9-20(29)13-17-14-21(23(30)27-32)22(26-15-17)24(31)28-12-10-19(16-28)18-7-3-1-4-8-18/h1,3-4,7-8,17,19,21-22,26,32H,2,5-6,9-16,25H2,(H,27,30)/t17?,19?,21-,22+/m0/s1. The highest BCUT2D eigenvalue weighted by molar-refractivity contribution is 5.90. The number of ketones is 1. The molecular formula is C24H36N4O4. The summed E-state index contributed by atoms with van der Waals surface area (Å²) in [5, 5.41) is 12.5. The number of piperidine rings is 1. The van der Waals surface area contributed by atoms with Gasteiger partial charge in [0.2, 0.25) is 11.8 Å². The third kappa shape index (κ3) is 6.37. The Balaban J connectivity index is 1.56. The monoisotopic (exact) mass is 444 g/mol. The van der Waals surface area contributed by atoms with Crippen LogP contribution in [0.15, 0.2) is 30.3 Å². The summed E-state index contributed by atoms with van der Waals surface area (Å²) >= 11 is 0. The van der Waals surface area contributed by atoms with Gasteiger partial charge in [-0.1, -0.05) is 36.8 Å². The fourth-order valence-corrected chi connectivity index (χ4v) is 4.99. The van der Waals surface area contributed by atoms with E-state index in [0.717, 1.165) is 25.7 Å². The van der Waals surface area contributed by atoms with Crippen molar-refractivity contribution in [3.05, 3.63) is 35.9 Å². The molecule has 2 heterocycles. The SMILES string of the molecule is NCCCCCC(=O)CC1CN[C@@H](C(=O)N2CCC(c3ccccc3)C2)[C@@H](C(=O)NO)C1. The molecule has 32 heavy (non-hydrogen) atoms. The number of benzene rings is 1. The first-order valence-electron chi connectivity index (χ1n) is 11.8. The molecule has 8 nitrogen and oxygen atoms in total. The van der Waals surface area contributed by atoms with E-state index in [9.17, 15) is 19.6 Å². The Bertz CT molecular complexity index is 773. The number of likely N-dealkylation sites (tertiary alicyclic amines) is 1. The quantitative estimate of drug-likeness (QED) is 0.247. The predicted octanol–water partition coefficient (Wildman–Crippen LogP) is 1.58. The fraction of sp³-hybridized carbons (Fsp3) is 0.625. The van der Waals surface area contributed by atoms with Crippen LogP contribution in [0, 0.1) is 11.8 Å². The lowest BCUT2D eigenvalue weighted by molar-refractivity contribution is -0.144. The normalized spacial score (nSPS) is 25.5. The van der Waals surface area contributed by atoms with Crippen molar-refractivity contribution in [2.75, 3.05) is 26.2 Å². The molecule has 8 heteroatoms. The Kier molecular flexibility index (Phi) is 9.20. The maximum absolute atomic E-state index is 13.3. The summed E-state index contributed by atoms with van der Waals surface area (Å²) in [6, 6.07) is 9.46. The van der Waals surface area contributed by atoms with Crippen molar-refractivity contribution in [2.45, 2.75) is 56.9 Å². The van der Waals surface area contributed by atoms with Gasteiger partial charge < -0.3 is 16.0 Å². The van der Waals surface area contributed by atoms with E-state index >= 15 is 0 Å². The van der Waals surface area contributed by atoms with Gasteiger partial charge >= 0.3 is 0 Å². The summed E-state index contributed by atoms with van der Waals surface area (Å²) in [7, 11) is 0. The topological polar surface area (TPSA) is 125 Å². The summed E-state index contributed by atoms with van der Waals surface area (Å²) in [6.07, 6.45) is 4.88. The zero-order valence-electron chi connectivity index (χ0n) is 18.7. The van der Waals surface area contributed by atoms with E-state index in [1.54, 1.807) is 5.48 Å². The highest BCUT2D eigenvalue weighted by atomic mass is 16.5. The van der Waals surface area contributed by atoms with E-state index in [2.05, 4.69) is 17.4 Å². The number of hydrogen-bond donors (Lipinski definition) is 4. The molecule has 2 aliphatic heterocycles. The van der Waals surface area contributed by atoms with Crippen LogP contribution in [0.2, 0.25) is 0 Å². The maximum Gasteiger partial charge on any atom is 0.248 e. The second-order valence-corrected chi connectivity index (χ2v) is 9.09. The number of nitrogens with two attached hydrogens (primary N) is 1. The van der Waals surface area contributed by atoms with Gasteiger partial charge in [-0.25, -0.2) is 5.48 Å². The van der Waals surface area contributed by atoms with Crippen molar-refractivity contribution < 1.29 is 19.6 Å². The van der Waals surface area contributed by atoms with Crippen LogP contribution in [0.4, 0.5) is 0 Å². The predicted molar refractivity (Wildman–Crippen MR) is 121 cm³/mol. The van der Waals surface area contributed by atoms with Crippen molar-refractivity contribution in [3.8, 4) is 0 Å². The fourth-order valence-electron chi connectivity index (χ4n) is 4.99. The van der Waals surface area contributed by atoms with Crippen molar-refractivity contribution in [1.29, 1.82) is 0 Å². The average Bonchev–Trinajstić information content (AvgIpc) is 3.32. The van der Waals surface area contributed by atoms with Crippen LogP contribution in [-0.2, 0) is 14.4 Å². The number of amides is 2. The molecule has 1 aromatic rings. The highest BCUT2D eigenvalue weighted by Gasteiger charge is 2.42. The second kappa shape index (κ2) is 12.1. The van der Waals surface area contributed by atoms with Crippen molar-refractivity contribution in [2.24, 2.45) is 17.6 Å². The van der Waals surface area contributed by atoms with Crippen molar-refractivity contribution in [3.63, 3.8) is 0 Å². The maximum atomic E-state index is 13.3. The molecule has 2 amide bonds. The number of Topliss-reactive ketones (excluding diaryl/α,β-unsaturated/α-hetero) is 1. The van der Waals surface area contributed by atoms with Crippen molar-refractivity contribution in [1.82, 2.24) is 15.7 Å². The van der Waals surface area contributed by atoms with Gasteiger partial charge in [0.05, 0.1) is 12.0 Å². The van der Waals surface area contributed by atoms with E-state index in [1.807, 2.05) is 23.1 Å². The molecule has 3 rings (SSSR count). The molecular weight excluding hydrogens is 408 g/mol. The molecule has 176 valence electrons. The second-order valence-electron chi connectivity index (χ2n) is 9.09. The molecule has 0 aliphatic carbocycles. The lowest BCUT2D eigenvalue weighted by atomic mass is 9.81. The Hall–Kier alpha value is -2.29. The van der Waals surface area contributed by atoms with Gasteiger partial charge in [0.1, 0.15) is 5.78 Å². The Labute approximate surface area is 189 Å². The summed E-state index contributed by atoms with van der Waals surface area (Å²) in [6.45, 7) is 2.42. The van der Waals surface area contributed by atoms with Gasteiger partial charge in [-0.2, -0.15) is 0 Å². The first-order chi connectivity index (χ1) is 15.5. The lowest BCUT2D eigenvalue weighted by Gasteiger charge is -2.36. The molecule has 0 aromatic heterocycles. The summed E-state index contributed by atoms with van der Waals surface area (Å²) in [5.74, 6) is -0.949. The molecule has 0 radical (unpaired) electrons. The van der Waals surface area contributed by atoms with Crippen LogP contribution in [0.5, 0.6) is 0 Å². The number of hydrogen-bond acceptors (Lipinski definition) is 6. The highest BCUT2D eigenvalue weighted by Crippen LogP contribution is 2.30. The van der Waals surface area contributed by atoms with Gasteiger partial charge in [0, 0.05) is 31.8 Å². The van der Waals surface area contributed by atoms with E-state index in [-0.39, 0.29) is 17.6 Å². The molecule has 2 saturated heterocycles. The van der Waals surface area contributed by atoms with Gasteiger partial charge in [-0.15, -0.1) is 0 Å². The number of nitrogens with zero attached hydrogens (tertiary/aromatic N) is 1. The summed E-state index contributed by atoms with van der Waals surface area (Å²) in [5.41, 5.74) is 8.43. The van der Waals surface area contributed by atoms with E-state index in [0.29, 0.717) is 51.4 Å². The minimum atomic E-state index is -0.702. The van der Waals surface area contributed by atoms with Crippen LogP contribution < -0.4 is 16.5 Å². The number of rotatable bonds is 10. The van der Waals surface area contributed by atoms with Crippen LogP contribution in [0.3, 0.4) is 0 Å². The largest absolute Gasteiger partial charge is 0.341 e. The Morgan fingerprint density at radius 2 is 1.94 bits per heavy atom. The first kappa shape index (κ1) is 24.4. The van der Waals surface area contributed by atoms with Crippen LogP contribution in [0.1, 0.15) is 56.4 Å². The Morgan fingerprint density at radius 3 is 2.66 bits per heavy atom. The molecule has 2 aliphatic rings. The Morgan fingerprint density at radius 1 is 1.16 bits per heavy atom. The molecule has 2 fully saturated rings. The molecule has 4 atom stereocenters. The third-order valence-electron chi connectivity index (χ3n) is 6.78. The molecule has 0 spiro atoms. The molecule has 0 bridgehead atoms. The molecule has 5 N–H and O–H groups in total. The van der Waals surface area contributed by atoms with Gasteiger partial charge in [-0.3, -0.25) is 19.6 Å². The average molecular weight is 445 g/mol. The number of hydroxylamine groups is 1. The minimum absolute atomic E-state index is 0.0287. The number of carbonyl (C=O) groups is 3. The van der Waals surface area contributed by atoms with E-state index in [4.69, 9.17) is 5.73 Å².